The third kappa shape index (κ3) is 2.39. The van der Waals surface area contributed by atoms with Crippen LogP contribution in [-0.2, 0) is 0 Å². The molecule has 1 unspecified atom stereocenters. The lowest BCUT2D eigenvalue weighted by molar-refractivity contribution is 0.172. The maximum absolute atomic E-state index is 10.0. The Labute approximate surface area is 104 Å². The zero-order chi connectivity index (χ0) is 12.4. The summed E-state index contributed by atoms with van der Waals surface area (Å²) in [5.74, 6) is 0. The fourth-order valence-electron chi connectivity index (χ4n) is 3.04. The second kappa shape index (κ2) is 5.21. The summed E-state index contributed by atoms with van der Waals surface area (Å²) in [4.78, 5) is 0. The summed E-state index contributed by atoms with van der Waals surface area (Å²) in [6.07, 6.45) is 6.88. The summed E-state index contributed by atoms with van der Waals surface area (Å²) in [7, 11) is 0. The molecule has 3 heteroatoms. The van der Waals surface area contributed by atoms with Crippen molar-refractivity contribution in [3.8, 4) is 0 Å². The van der Waals surface area contributed by atoms with Crippen LogP contribution < -0.4 is 0 Å². The number of aromatic nitrogens is 2. The molecule has 1 aliphatic rings. The Morgan fingerprint density at radius 1 is 1.29 bits per heavy atom. The van der Waals surface area contributed by atoms with E-state index in [4.69, 9.17) is 0 Å². The van der Waals surface area contributed by atoms with Gasteiger partial charge in [0.15, 0.2) is 0 Å². The molecular formula is C14H24N2O. The van der Waals surface area contributed by atoms with Crippen LogP contribution in [0.3, 0.4) is 0 Å². The minimum atomic E-state index is -0.354. The van der Waals surface area contributed by atoms with Gasteiger partial charge in [-0.3, -0.25) is 4.68 Å². The first-order valence-electron chi connectivity index (χ1n) is 6.88. The molecule has 0 aromatic carbocycles. The smallest absolute Gasteiger partial charge is 0.0823 e. The van der Waals surface area contributed by atoms with Gasteiger partial charge in [-0.15, -0.1) is 0 Å². The van der Waals surface area contributed by atoms with Gasteiger partial charge in [0.1, 0.15) is 0 Å². The average molecular weight is 236 g/mol. The fourth-order valence-corrected chi connectivity index (χ4v) is 3.04. The third-order valence-electron chi connectivity index (χ3n) is 4.02. The van der Waals surface area contributed by atoms with Gasteiger partial charge in [0.25, 0.3) is 0 Å². The third-order valence-corrected chi connectivity index (χ3v) is 4.02. The number of hydrogen-bond donors (Lipinski definition) is 1. The highest BCUT2D eigenvalue weighted by Gasteiger charge is 2.23. The highest BCUT2D eigenvalue weighted by atomic mass is 16.3. The van der Waals surface area contributed by atoms with Crippen molar-refractivity contribution in [2.24, 2.45) is 0 Å². The molecule has 1 heterocycles. The topological polar surface area (TPSA) is 38.1 Å². The van der Waals surface area contributed by atoms with Gasteiger partial charge in [-0.2, -0.15) is 5.10 Å². The predicted molar refractivity (Wildman–Crippen MR) is 69.1 cm³/mol. The van der Waals surface area contributed by atoms with Crippen molar-refractivity contribution in [3.63, 3.8) is 0 Å². The van der Waals surface area contributed by atoms with Crippen LogP contribution in [0.25, 0.3) is 0 Å². The van der Waals surface area contributed by atoms with E-state index in [-0.39, 0.29) is 6.10 Å². The van der Waals surface area contributed by atoms with Gasteiger partial charge in [0, 0.05) is 11.3 Å². The van der Waals surface area contributed by atoms with E-state index in [0.717, 1.165) is 17.7 Å². The molecule has 1 saturated carbocycles. The van der Waals surface area contributed by atoms with Crippen LogP contribution in [0.5, 0.6) is 0 Å². The van der Waals surface area contributed by atoms with Crippen LogP contribution in [0.4, 0.5) is 0 Å². The Morgan fingerprint density at radius 3 is 2.53 bits per heavy atom. The Balaban J connectivity index is 2.29. The zero-order valence-electron chi connectivity index (χ0n) is 11.2. The van der Waals surface area contributed by atoms with E-state index in [1.807, 2.05) is 13.8 Å². The molecule has 0 saturated heterocycles. The van der Waals surface area contributed by atoms with E-state index >= 15 is 0 Å². The van der Waals surface area contributed by atoms with Gasteiger partial charge in [-0.25, -0.2) is 0 Å². The zero-order valence-corrected chi connectivity index (χ0v) is 11.2. The molecule has 1 fully saturated rings. The first kappa shape index (κ1) is 12.6. The second-order valence-corrected chi connectivity index (χ2v) is 5.24. The molecule has 1 aliphatic carbocycles. The molecule has 1 aromatic rings. The van der Waals surface area contributed by atoms with E-state index in [1.165, 1.54) is 37.8 Å². The van der Waals surface area contributed by atoms with Crippen LogP contribution in [0.15, 0.2) is 0 Å². The number of nitrogens with zero attached hydrogens (tertiary/aromatic N) is 2. The molecule has 0 bridgehead atoms. The quantitative estimate of drug-likeness (QED) is 0.873. The second-order valence-electron chi connectivity index (χ2n) is 5.24. The van der Waals surface area contributed by atoms with Crippen molar-refractivity contribution in [3.05, 3.63) is 17.0 Å². The van der Waals surface area contributed by atoms with E-state index in [2.05, 4.69) is 16.7 Å². The molecule has 0 radical (unpaired) electrons. The number of aliphatic hydroxyl groups is 1. The van der Waals surface area contributed by atoms with Crippen molar-refractivity contribution in [1.82, 2.24) is 9.78 Å². The monoisotopic (exact) mass is 236 g/mol. The summed E-state index contributed by atoms with van der Waals surface area (Å²) in [6.45, 7) is 6.13. The number of aliphatic hydroxyl groups excluding tert-OH is 1. The SMILES string of the molecule is CCC(O)c1c(C)nn(C2CCCCC2)c1C. The van der Waals surface area contributed by atoms with Gasteiger partial charge in [-0.05, 0) is 33.1 Å². The Kier molecular flexibility index (Phi) is 3.87. The van der Waals surface area contributed by atoms with Crippen molar-refractivity contribution in [2.45, 2.75) is 71.4 Å². The normalized spacial score (nSPS) is 19.5. The molecule has 0 amide bonds. The van der Waals surface area contributed by atoms with E-state index in [0.29, 0.717) is 6.04 Å². The Bertz CT molecular complexity index is 378. The number of rotatable bonds is 3. The van der Waals surface area contributed by atoms with Gasteiger partial charge in [-0.1, -0.05) is 26.2 Å². The maximum Gasteiger partial charge on any atom is 0.0823 e. The van der Waals surface area contributed by atoms with Crippen molar-refractivity contribution in [2.75, 3.05) is 0 Å². The molecule has 1 atom stereocenters. The van der Waals surface area contributed by atoms with Crippen molar-refractivity contribution < 1.29 is 5.11 Å². The Hall–Kier alpha value is -0.830. The largest absolute Gasteiger partial charge is 0.388 e. The summed E-state index contributed by atoms with van der Waals surface area (Å²) in [6, 6.07) is 0.556. The predicted octanol–water partition coefficient (Wildman–Crippen LogP) is 3.45. The molecule has 1 aromatic heterocycles. The molecule has 0 spiro atoms. The number of aryl methyl sites for hydroxylation is 1. The van der Waals surface area contributed by atoms with Crippen LogP contribution in [-0.4, -0.2) is 14.9 Å². The molecule has 17 heavy (non-hydrogen) atoms. The van der Waals surface area contributed by atoms with E-state index in [1.54, 1.807) is 0 Å². The highest BCUT2D eigenvalue weighted by molar-refractivity contribution is 5.27. The van der Waals surface area contributed by atoms with Crippen LogP contribution in [0, 0.1) is 13.8 Å². The maximum atomic E-state index is 10.0. The summed E-state index contributed by atoms with van der Waals surface area (Å²) < 4.78 is 2.17. The standard InChI is InChI=1S/C14H24N2O/c1-4-13(17)14-10(2)15-16(11(14)3)12-8-6-5-7-9-12/h12-13,17H,4-9H2,1-3H3. The highest BCUT2D eigenvalue weighted by Crippen LogP contribution is 2.32. The summed E-state index contributed by atoms with van der Waals surface area (Å²) in [5, 5.41) is 14.7. The first-order chi connectivity index (χ1) is 8.15. The minimum Gasteiger partial charge on any atom is -0.388 e. The molecule has 96 valence electrons. The summed E-state index contributed by atoms with van der Waals surface area (Å²) >= 11 is 0. The van der Waals surface area contributed by atoms with Crippen molar-refractivity contribution >= 4 is 0 Å². The average Bonchev–Trinajstić information content (AvgIpc) is 2.65. The van der Waals surface area contributed by atoms with Gasteiger partial charge in [0.2, 0.25) is 0 Å². The molecular weight excluding hydrogens is 212 g/mol. The Morgan fingerprint density at radius 2 is 1.94 bits per heavy atom. The lowest BCUT2D eigenvalue weighted by atomic mass is 9.95. The molecule has 0 aliphatic heterocycles. The lowest BCUT2D eigenvalue weighted by Crippen LogP contribution is -2.15. The molecule has 1 N–H and O–H groups in total. The van der Waals surface area contributed by atoms with Crippen LogP contribution >= 0.6 is 0 Å². The van der Waals surface area contributed by atoms with Crippen LogP contribution in [0.1, 0.15) is 74.5 Å². The number of hydrogen-bond acceptors (Lipinski definition) is 2. The lowest BCUT2D eigenvalue weighted by Gasteiger charge is -2.23. The van der Waals surface area contributed by atoms with Crippen LogP contribution in [0.2, 0.25) is 0 Å². The summed E-state index contributed by atoms with van der Waals surface area (Å²) in [5.41, 5.74) is 3.23. The molecule has 2 rings (SSSR count). The van der Waals surface area contributed by atoms with Gasteiger partial charge in [0.05, 0.1) is 17.8 Å². The van der Waals surface area contributed by atoms with Gasteiger partial charge >= 0.3 is 0 Å². The molecule has 3 nitrogen and oxygen atoms in total. The first-order valence-corrected chi connectivity index (χ1v) is 6.88. The van der Waals surface area contributed by atoms with Gasteiger partial charge < -0.3 is 5.11 Å². The van der Waals surface area contributed by atoms with E-state index in [9.17, 15) is 5.11 Å². The van der Waals surface area contributed by atoms with E-state index < -0.39 is 0 Å². The fraction of sp³-hybridized carbons (Fsp3) is 0.786. The minimum absolute atomic E-state index is 0.354. The van der Waals surface area contributed by atoms with Crippen molar-refractivity contribution in [1.29, 1.82) is 0 Å².